The van der Waals surface area contributed by atoms with E-state index in [1.54, 1.807) is 0 Å². The molecule has 6 heteroatoms. The van der Waals surface area contributed by atoms with Crippen LogP contribution in [0.3, 0.4) is 0 Å². The molecule has 0 radical (unpaired) electrons. The lowest BCUT2D eigenvalue weighted by Gasteiger charge is -2.08. The molecule has 266 valence electrons. The third-order valence-corrected chi connectivity index (χ3v) is 12.2. The summed E-state index contributed by atoms with van der Waals surface area (Å²) >= 11 is 1.84. The van der Waals surface area contributed by atoms with Crippen LogP contribution in [0, 0.1) is 0 Å². The predicted molar refractivity (Wildman–Crippen MR) is 236 cm³/mol. The second-order valence-electron chi connectivity index (χ2n) is 14.4. The Bertz CT molecular complexity index is 3420. The molecular weight excluding hydrogens is 717 g/mol. The molecule has 0 aliphatic rings. The van der Waals surface area contributed by atoms with Crippen molar-refractivity contribution in [1.82, 2.24) is 19.5 Å². The smallest absolute Gasteiger partial charge is 0.164 e. The van der Waals surface area contributed by atoms with Crippen LogP contribution >= 0.6 is 11.3 Å². The highest BCUT2D eigenvalue weighted by molar-refractivity contribution is 7.25. The summed E-state index contributed by atoms with van der Waals surface area (Å²) in [6.07, 6.45) is 0. The van der Waals surface area contributed by atoms with Crippen LogP contribution in [0.25, 0.3) is 115 Å². The molecule has 0 aliphatic carbocycles. The SMILES string of the molecule is c1ccc(-c2nc(-c3ccccc3)nc(-c3ccc4oc5c(-c6ccc7sc8cc(-n9c%10ccccc%10c%10ccccc%109)ccc8c7c6)cccc5c4c3)n2)cc1. The Balaban J connectivity index is 0.962. The largest absolute Gasteiger partial charge is 0.455 e. The lowest BCUT2D eigenvalue weighted by Crippen LogP contribution is -2.00. The maximum atomic E-state index is 6.67. The highest BCUT2D eigenvalue weighted by Crippen LogP contribution is 2.42. The normalized spacial score (nSPS) is 11.9. The highest BCUT2D eigenvalue weighted by atomic mass is 32.1. The van der Waals surface area contributed by atoms with Crippen molar-refractivity contribution in [2.45, 2.75) is 0 Å². The van der Waals surface area contributed by atoms with Gasteiger partial charge in [0.2, 0.25) is 0 Å². The molecule has 0 saturated carbocycles. The fourth-order valence-corrected chi connectivity index (χ4v) is 9.50. The summed E-state index contributed by atoms with van der Waals surface area (Å²) in [5, 5.41) is 7.11. The molecule has 4 aromatic heterocycles. The van der Waals surface area contributed by atoms with Crippen molar-refractivity contribution in [3.8, 4) is 51.0 Å². The Morgan fingerprint density at radius 3 is 1.68 bits per heavy atom. The van der Waals surface area contributed by atoms with Crippen LogP contribution in [0.4, 0.5) is 0 Å². The van der Waals surface area contributed by atoms with E-state index in [9.17, 15) is 0 Å². The van der Waals surface area contributed by atoms with Gasteiger partial charge in [-0.1, -0.05) is 127 Å². The highest BCUT2D eigenvalue weighted by Gasteiger charge is 2.18. The zero-order chi connectivity index (χ0) is 37.5. The summed E-state index contributed by atoms with van der Waals surface area (Å²) in [6, 6.07) is 63.8. The first-order chi connectivity index (χ1) is 28.2. The lowest BCUT2D eigenvalue weighted by molar-refractivity contribution is 0.670. The Hall–Kier alpha value is -7.41. The van der Waals surface area contributed by atoms with E-state index in [2.05, 4.69) is 114 Å². The second kappa shape index (κ2) is 12.6. The predicted octanol–water partition coefficient (Wildman–Crippen LogP) is 13.9. The van der Waals surface area contributed by atoms with Crippen molar-refractivity contribution in [2.75, 3.05) is 0 Å². The van der Waals surface area contributed by atoms with Gasteiger partial charge in [-0.25, -0.2) is 15.0 Å². The zero-order valence-corrected chi connectivity index (χ0v) is 31.2. The molecule has 57 heavy (non-hydrogen) atoms. The summed E-state index contributed by atoms with van der Waals surface area (Å²) in [7, 11) is 0. The van der Waals surface area contributed by atoms with Gasteiger partial charge in [0.1, 0.15) is 11.2 Å². The van der Waals surface area contributed by atoms with E-state index in [0.717, 1.165) is 49.8 Å². The third-order valence-electron chi connectivity index (χ3n) is 11.1. The van der Waals surface area contributed by atoms with E-state index < -0.39 is 0 Å². The lowest BCUT2D eigenvalue weighted by atomic mass is 10.00. The number of hydrogen-bond donors (Lipinski definition) is 0. The molecule has 4 heterocycles. The number of fused-ring (bicyclic) bond motifs is 9. The topological polar surface area (TPSA) is 56.7 Å². The summed E-state index contributed by atoms with van der Waals surface area (Å²) in [5.74, 6) is 1.89. The molecule has 0 bridgehead atoms. The Kier molecular flexibility index (Phi) is 7.03. The van der Waals surface area contributed by atoms with Crippen LogP contribution < -0.4 is 0 Å². The molecule has 0 N–H and O–H groups in total. The van der Waals surface area contributed by atoms with Gasteiger partial charge in [-0.15, -0.1) is 11.3 Å². The Morgan fingerprint density at radius 2 is 0.982 bits per heavy atom. The molecule has 0 spiro atoms. The number of para-hydroxylation sites is 3. The van der Waals surface area contributed by atoms with Gasteiger partial charge in [-0.2, -0.15) is 0 Å². The van der Waals surface area contributed by atoms with Gasteiger partial charge < -0.3 is 8.98 Å². The maximum absolute atomic E-state index is 6.67. The first-order valence-corrected chi connectivity index (χ1v) is 19.8. The Morgan fingerprint density at radius 1 is 0.386 bits per heavy atom. The van der Waals surface area contributed by atoms with Crippen molar-refractivity contribution in [1.29, 1.82) is 0 Å². The maximum Gasteiger partial charge on any atom is 0.164 e. The number of hydrogen-bond acceptors (Lipinski definition) is 5. The van der Waals surface area contributed by atoms with E-state index in [4.69, 9.17) is 19.4 Å². The number of nitrogens with zero attached hydrogens (tertiary/aromatic N) is 4. The minimum Gasteiger partial charge on any atom is -0.455 e. The number of furan rings is 1. The van der Waals surface area contributed by atoms with E-state index in [0.29, 0.717) is 17.5 Å². The molecule has 0 aliphatic heterocycles. The summed E-state index contributed by atoms with van der Waals surface area (Å²) in [5.41, 5.74) is 10.3. The summed E-state index contributed by atoms with van der Waals surface area (Å²) in [6.45, 7) is 0. The van der Waals surface area contributed by atoms with Gasteiger partial charge >= 0.3 is 0 Å². The van der Waals surface area contributed by atoms with Gasteiger partial charge in [0, 0.05) is 69.7 Å². The molecule has 0 saturated heterocycles. The summed E-state index contributed by atoms with van der Waals surface area (Å²) < 4.78 is 11.6. The van der Waals surface area contributed by atoms with E-state index in [1.807, 2.05) is 84.1 Å². The monoisotopic (exact) mass is 746 g/mol. The number of thiophene rings is 1. The molecule has 12 aromatic rings. The van der Waals surface area contributed by atoms with Gasteiger partial charge in [0.05, 0.1) is 11.0 Å². The second-order valence-corrected chi connectivity index (χ2v) is 15.5. The molecule has 0 atom stereocenters. The van der Waals surface area contributed by atoms with Crippen molar-refractivity contribution < 1.29 is 4.42 Å². The van der Waals surface area contributed by atoms with Crippen LogP contribution in [0.15, 0.2) is 186 Å². The Labute approximate surface area is 330 Å². The molecule has 0 unspecified atom stereocenters. The minimum atomic E-state index is 0.617. The van der Waals surface area contributed by atoms with E-state index in [1.165, 1.54) is 47.7 Å². The van der Waals surface area contributed by atoms with Gasteiger partial charge in [-0.05, 0) is 60.2 Å². The van der Waals surface area contributed by atoms with Crippen LogP contribution in [0.1, 0.15) is 0 Å². The van der Waals surface area contributed by atoms with Crippen LogP contribution in [-0.4, -0.2) is 19.5 Å². The van der Waals surface area contributed by atoms with Crippen molar-refractivity contribution in [2.24, 2.45) is 0 Å². The van der Waals surface area contributed by atoms with Crippen molar-refractivity contribution in [3.05, 3.63) is 182 Å². The quantitative estimate of drug-likeness (QED) is 0.176. The molecule has 0 amide bonds. The van der Waals surface area contributed by atoms with Crippen LogP contribution in [-0.2, 0) is 0 Å². The fraction of sp³-hybridized carbons (Fsp3) is 0. The summed E-state index contributed by atoms with van der Waals surface area (Å²) in [4.78, 5) is 14.8. The average Bonchev–Trinajstić information content (AvgIpc) is 3.95. The number of aromatic nitrogens is 4. The molecule has 12 rings (SSSR count). The molecular formula is C51H30N4OS. The third kappa shape index (κ3) is 5.12. The molecule has 5 nitrogen and oxygen atoms in total. The van der Waals surface area contributed by atoms with Gasteiger partial charge in [0.15, 0.2) is 17.5 Å². The fourth-order valence-electron chi connectivity index (χ4n) is 8.38. The minimum absolute atomic E-state index is 0.617. The first kappa shape index (κ1) is 31.9. The van der Waals surface area contributed by atoms with Crippen molar-refractivity contribution in [3.63, 3.8) is 0 Å². The molecule has 0 fully saturated rings. The molecule has 8 aromatic carbocycles. The number of rotatable bonds is 5. The van der Waals surface area contributed by atoms with Gasteiger partial charge in [-0.3, -0.25) is 0 Å². The van der Waals surface area contributed by atoms with Crippen molar-refractivity contribution >= 4 is 75.3 Å². The van der Waals surface area contributed by atoms with Crippen LogP contribution in [0.5, 0.6) is 0 Å². The van der Waals surface area contributed by atoms with Crippen LogP contribution in [0.2, 0.25) is 0 Å². The first-order valence-electron chi connectivity index (χ1n) is 19.0. The van der Waals surface area contributed by atoms with Gasteiger partial charge in [0.25, 0.3) is 0 Å². The average molecular weight is 747 g/mol. The van der Waals surface area contributed by atoms with E-state index >= 15 is 0 Å². The standard InChI is InChI=1S/C51H30N4OS/c1-3-12-31(13-4-1)49-52-50(32-14-5-2-6-15-32)54-51(53-49)34-22-26-45-41(29-34)40-19-11-18-36(48(40)56-45)33-23-27-46-42(28-33)39-25-24-35(30-47(39)57-46)55-43-20-9-7-16-37(43)38-17-8-10-21-44(38)55/h1-30H. The number of benzene rings is 8. The zero-order valence-electron chi connectivity index (χ0n) is 30.4. The van der Waals surface area contributed by atoms with E-state index in [-0.39, 0.29) is 0 Å².